The number of fused-ring (bicyclic) bond motifs is 1. The summed E-state index contributed by atoms with van der Waals surface area (Å²) in [5, 5.41) is 2.53. The number of likely N-dealkylation sites (tertiary alicyclic amines) is 1. The Labute approximate surface area is 241 Å². The van der Waals surface area contributed by atoms with Crippen molar-refractivity contribution in [3.8, 4) is 0 Å². The zero-order valence-electron chi connectivity index (χ0n) is 18.9. The quantitative estimate of drug-likeness (QED) is 0.545. The van der Waals surface area contributed by atoms with Crippen molar-refractivity contribution in [2.45, 2.75) is 56.2 Å². The topological polar surface area (TPSA) is 88.6 Å². The molecule has 1 aromatic heterocycles. The number of pyridine rings is 1. The first kappa shape index (κ1) is 35.9. The van der Waals surface area contributed by atoms with Gasteiger partial charge in [-0.1, -0.05) is 19.8 Å². The van der Waals surface area contributed by atoms with E-state index in [1.807, 2.05) is 0 Å². The summed E-state index contributed by atoms with van der Waals surface area (Å²) in [4.78, 5) is 44.2. The lowest BCUT2D eigenvalue weighted by Crippen LogP contribution is -2.55. The van der Waals surface area contributed by atoms with Crippen molar-refractivity contribution >= 4 is 96.7 Å². The molecule has 0 aromatic carbocycles. The SMILES string of the molecule is CC1CCC([C@H](NC(=O)c2ccncc2)C(=O)N2C[C@H](Cl)[C@H]3OCC(=O)[C@H]32)CC1.S.S.S.S.S. The third-order valence-corrected chi connectivity index (χ3v) is 6.82. The molecule has 2 aliphatic heterocycles. The third-order valence-electron chi connectivity index (χ3n) is 6.43. The van der Waals surface area contributed by atoms with E-state index in [2.05, 4.69) is 17.2 Å². The van der Waals surface area contributed by atoms with Crippen LogP contribution in [0.2, 0.25) is 0 Å². The van der Waals surface area contributed by atoms with Crippen LogP contribution >= 0.6 is 79.1 Å². The van der Waals surface area contributed by atoms with Gasteiger partial charge in [0.1, 0.15) is 24.8 Å². The monoisotopic (exact) mass is 589 g/mol. The van der Waals surface area contributed by atoms with Gasteiger partial charge in [0.05, 0.1) is 5.38 Å². The number of aromatic nitrogens is 1. The van der Waals surface area contributed by atoms with Crippen molar-refractivity contribution in [2.75, 3.05) is 13.2 Å². The minimum absolute atomic E-state index is 0. The van der Waals surface area contributed by atoms with Gasteiger partial charge in [0.25, 0.3) is 5.91 Å². The van der Waals surface area contributed by atoms with Crippen molar-refractivity contribution in [2.24, 2.45) is 11.8 Å². The van der Waals surface area contributed by atoms with E-state index >= 15 is 0 Å². The van der Waals surface area contributed by atoms with Crippen LogP contribution < -0.4 is 5.32 Å². The van der Waals surface area contributed by atoms with Crippen LogP contribution in [0.3, 0.4) is 0 Å². The van der Waals surface area contributed by atoms with E-state index in [9.17, 15) is 14.4 Å². The van der Waals surface area contributed by atoms with Crippen LogP contribution in [0.5, 0.6) is 0 Å². The molecule has 1 N–H and O–H groups in total. The molecule has 0 spiro atoms. The lowest BCUT2D eigenvalue weighted by Gasteiger charge is -2.35. The van der Waals surface area contributed by atoms with Crippen LogP contribution in [0.4, 0.5) is 0 Å². The summed E-state index contributed by atoms with van der Waals surface area (Å²) in [5.41, 5.74) is 0.455. The molecule has 0 bridgehead atoms. The third kappa shape index (κ3) is 7.63. The van der Waals surface area contributed by atoms with Gasteiger partial charge in [0.15, 0.2) is 5.78 Å². The van der Waals surface area contributed by atoms with Gasteiger partial charge in [0.2, 0.25) is 5.91 Å². The lowest BCUT2D eigenvalue weighted by atomic mass is 9.78. The molecule has 1 saturated carbocycles. The number of ketones is 1. The largest absolute Gasteiger partial charge is 0.366 e. The summed E-state index contributed by atoms with van der Waals surface area (Å²) >= 11 is 6.36. The summed E-state index contributed by atoms with van der Waals surface area (Å²) in [6, 6.07) is 1.91. The van der Waals surface area contributed by atoms with Crippen LogP contribution in [0.1, 0.15) is 43.0 Å². The Balaban J connectivity index is 0. The van der Waals surface area contributed by atoms with E-state index in [1.54, 1.807) is 24.5 Å². The fourth-order valence-corrected chi connectivity index (χ4v) is 5.09. The molecular formula is C21H36ClN3O4S5. The number of nitrogens with one attached hydrogen (secondary N) is 1. The molecule has 3 aliphatic rings. The number of carbonyl (C=O) groups is 3. The molecule has 4 rings (SSSR count). The van der Waals surface area contributed by atoms with Crippen molar-refractivity contribution in [3.63, 3.8) is 0 Å². The average molecular weight is 590 g/mol. The first-order valence-electron chi connectivity index (χ1n) is 10.3. The van der Waals surface area contributed by atoms with E-state index in [-0.39, 0.29) is 104 Å². The first-order chi connectivity index (χ1) is 14.0. The smallest absolute Gasteiger partial charge is 0.252 e. The summed E-state index contributed by atoms with van der Waals surface area (Å²) in [6.07, 6.45) is 6.40. The minimum atomic E-state index is -0.681. The van der Waals surface area contributed by atoms with E-state index in [0.717, 1.165) is 25.7 Å². The zero-order chi connectivity index (χ0) is 20.5. The van der Waals surface area contributed by atoms with Crippen LogP contribution in [0, 0.1) is 11.8 Å². The molecule has 196 valence electrons. The number of ether oxygens (including phenoxy) is 1. The number of alkyl halides is 1. The van der Waals surface area contributed by atoms with E-state index in [0.29, 0.717) is 11.5 Å². The predicted octanol–water partition coefficient (Wildman–Crippen LogP) is 2.36. The normalized spacial score (nSPS) is 27.9. The Morgan fingerprint density at radius 3 is 2.26 bits per heavy atom. The van der Waals surface area contributed by atoms with Gasteiger partial charge < -0.3 is 15.0 Å². The molecular weight excluding hydrogens is 554 g/mol. The second-order valence-corrected chi connectivity index (χ2v) is 8.96. The highest BCUT2D eigenvalue weighted by atomic mass is 35.5. The van der Waals surface area contributed by atoms with Crippen molar-refractivity contribution < 1.29 is 19.1 Å². The molecule has 1 aliphatic carbocycles. The standard InChI is InChI=1S/C21H26ClN3O4.5H2S/c1-12-2-4-13(5-3-12)17(24-20(27)14-6-8-23-9-7-14)21(28)25-10-15(22)19-18(25)16(26)11-29-19;;;;;/h6-9,12-13,15,17-19H,2-5,10-11H2,1H3,(H,24,27);5*1H2/t12?,13?,15-,17-,18+,19+;;;;;/m0...../s1. The number of halogens is 1. The average Bonchev–Trinajstić information content (AvgIpc) is 3.28. The summed E-state index contributed by atoms with van der Waals surface area (Å²) in [5.74, 6) is -0.00990. The molecule has 34 heavy (non-hydrogen) atoms. The maximum atomic E-state index is 13.6. The summed E-state index contributed by atoms with van der Waals surface area (Å²) < 4.78 is 5.50. The second kappa shape index (κ2) is 15.8. The highest BCUT2D eigenvalue weighted by molar-refractivity contribution is 7.60. The Morgan fingerprint density at radius 2 is 1.68 bits per heavy atom. The second-order valence-electron chi connectivity index (χ2n) is 8.40. The van der Waals surface area contributed by atoms with Gasteiger partial charge in [0, 0.05) is 24.5 Å². The number of rotatable bonds is 4. The Morgan fingerprint density at radius 1 is 1.09 bits per heavy atom. The number of Topliss-reactive ketones (excluding diaryl/α,β-unsaturated/α-hetero) is 1. The number of hydrogen-bond acceptors (Lipinski definition) is 5. The molecule has 0 unspecified atom stereocenters. The molecule has 3 fully saturated rings. The molecule has 0 radical (unpaired) electrons. The van der Waals surface area contributed by atoms with Gasteiger partial charge in [-0.25, -0.2) is 0 Å². The summed E-state index contributed by atoms with van der Waals surface area (Å²) in [6.45, 7) is 2.45. The zero-order valence-corrected chi connectivity index (χ0v) is 24.7. The Bertz CT molecular complexity index is 802. The minimum Gasteiger partial charge on any atom is -0.366 e. The van der Waals surface area contributed by atoms with Gasteiger partial charge in [-0.3, -0.25) is 19.4 Å². The van der Waals surface area contributed by atoms with Crippen molar-refractivity contribution in [3.05, 3.63) is 30.1 Å². The van der Waals surface area contributed by atoms with E-state index in [4.69, 9.17) is 16.3 Å². The molecule has 1 aromatic rings. The van der Waals surface area contributed by atoms with Gasteiger partial charge in [-0.05, 0) is 36.8 Å². The molecule has 4 atom stereocenters. The first-order valence-corrected chi connectivity index (χ1v) is 10.7. The van der Waals surface area contributed by atoms with Gasteiger partial charge in [-0.15, -0.1) is 11.6 Å². The fraction of sp³-hybridized carbons (Fsp3) is 0.619. The summed E-state index contributed by atoms with van der Waals surface area (Å²) in [7, 11) is 0. The number of carbonyl (C=O) groups excluding carboxylic acids is 3. The van der Waals surface area contributed by atoms with Crippen LogP contribution in [-0.2, 0) is 14.3 Å². The highest BCUT2D eigenvalue weighted by Gasteiger charge is 2.53. The molecule has 13 heteroatoms. The number of amides is 2. The molecule has 2 saturated heterocycles. The number of hydrogen-bond donors (Lipinski definition) is 1. The van der Waals surface area contributed by atoms with E-state index < -0.39 is 23.6 Å². The maximum absolute atomic E-state index is 13.6. The van der Waals surface area contributed by atoms with Gasteiger partial charge in [-0.2, -0.15) is 67.5 Å². The molecule has 7 nitrogen and oxygen atoms in total. The molecule has 2 amide bonds. The number of nitrogens with zero attached hydrogens (tertiary/aromatic N) is 2. The fourth-order valence-electron chi connectivity index (χ4n) is 4.73. The highest BCUT2D eigenvalue weighted by Crippen LogP contribution is 2.35. The van der Waals surface area contributed by atoms with Crippen molar-refractivity contribution in [1.82, 2.24) is 15.2 Å². The predicted molar refractivity (Wildman–Crippen MR) is 158 cm³/mol. The van der Waals surface area contributed by atoms with Crippen LogP contribution in [-0.4, -0.2) is 64.2 Å². The molecule has 3 heterocycles. The van der Waals surface area contributed by atoms with Gasteiger partial charge >= 0.3 is 0 Å². The van der Waals surface area contributed by atoms with Crippen molar-refractivity contribution in [1.29, 1.82) is 0 Å². The Kier molecular flexibility index (Phi) is 16.7. The Hall–Kier alpha value is -0.240. The van der Waals surface area contributed by atoms with Crippen LogP contribution in [0.15, 0.2) is 24.5 Å². The lowest BCUT2D eigenvalue weighted by molar-refractivity contribution is -0.139. The maximum Gasteiger partial charge on any atom is 0.252 e. The van der Waals surface area contributed by atoms with Crippen LogP contribution in [0.25, 0.3) is 0 Å². The van der Waals surface area contributed by atoms with E-state index in [1.165, 1.54) is 4.90 Å².